The van der Waals surface area contributed by atoms with E-state index in [2.05, 4.69) is 0 Å². The Balaban J connectivity index is 0.00000144. The number of nitrogens with zero attached hydrogens (tertiary/aromatic N) is 3. The number of hydrogen-bond donors (Lipinski definition) is 0. The van der Waals surface area contributed by atoms with E-state index in [9.17, 15) is 4.79 Å². The molecule has 5 heteroatoms. The van der Waals surface area contributed by atoms with Gasteiger partial charge in [0.25, 0.3) is 6.33 Å². The molecule has 0 atom stereocenters. The van der Waals surface area contributed by atoms with Crippen LogP contribution in [0, 0.1) is 0 Å². The molecule has 1 amide bonds. The molecule has 0 bridgehead atoms. The van der Waals surface area contributed by atoms with Gasteiger partial charge in [-0.2, -0.15) is 4.57 Å². The Hall–Kier alpha value is -0.590. The summed E-state index contributed by atoms with van der Waals surface area (Å²) in [6.45, 7) is 1.81. The Labute approximate surface area is 120 Å². The quantitative estimate of drug-likeness (QED) is 0.416. The highest BCUT2D eigenvalue weighted by Crippen LogP contribution is 2.11. The molecule has 0 radical (unpaired) electrons. The van der Waals surface area contributed by atoms with Gasteiger partial charge in [0.15, 0.2) is 0 Å². The number of aryl methyl sites for hydroxylation is 1. The summed E-state index contributed by atoms with van der Waals surface area (Å²) in [4.78, 5) is 14.1. The maximum Gasteiger partial charge on any atom is 0.415 e. The average molecular weight is 349 g/mol. The number of amides is 1. The van der Waals surface area contributed by atoms with E-state index >= 15 is 0 Å². The Morgan fingerprint density at radius 2 is 1.71 bits per heavy atom. The topological polar surface area (TPSA) is 29.1 Å². The average Bonchev–Trinajstić information content (AvgIpc) is 2.63. The van der Waals surface area contributed by atoms with Crippen molar-refractivity contribution >= 4 is 6.03 Å². The summed E-state index contributed by atoms with van der Waals surface area (Å²) < 4.78 is 3.56. The van der Waals surface area contributed by atoms with E-state index in [1.807, 2.05) is 35.2 Å². The molecular weight excluding hydrogens is 329 g/mol. The number of likely N-dealkylation sites (tertiary alicyclic amines) is 1. The fourth-order valence-corrected chi connectivity index (χ4v) is 2.17. The maximum atomic E-state index is 12.2. The van der Waals surface area contributed by atoms with Crippen molar-refractivity contribution in [1.82, 2.24) is 9.47 Å². The van der Waals surface area contributed by atoms with Crippen molar-refractivity contribution in [3.05, 3.63) is 18.7 Å². The summed E-state index contributed by atoms with van der Waals surface area (Å²) in [6.07, 6.45) is 11.6. The lowest BCUT2D eigenvalue weighted by molar-refractivity contribution is -0.670. The van der Waals surface area contributed by atoms with Crippen LogP contribution in [0.5, 0.6) is 0 Å². The van der Waals surface area contributed by atoms with Crippen molar-refractivity contribution in [2.24, 2.45) is 7.05 Å². The molecule has 17 heavy (non-hydrogen) atoms. The van der Waals surface area contributed by atoms with Gasteiger partial charge in [0, 0.05) is 13.1 Å². The van der Waals surface area contributed by atoms with Crippen molar-refractivity contribution in [1.29, 1.82) is 0 Å². The van der Waals surface area contributed by atoms with E-state index in [0.29, 0.717) is 0 Å². The monoisotopic (exact) mass is 349 g/mol. The van der Waals surface area contributed by atoms with Crippen LogP contribution >= 0.6 is 0 Å². The molecule has 2 rings (SSSR count). The molecule has 1 aliphatic heterocycles. The van der Waals surface area contributed by atoms with Gasteiger partial charge >= 0.3 is 6.03 Å². The number of hydrogen-bond acceptors (Lipinski definition) is 1. The lowest BCUT2D eigenvalue weighted by Gasteiger charge is -2.22. The summed E-state index contributed by atoms with van der Waals surface area (Å²) >= 11 is 0. The van der Waals surface area contributed by atoms with Gasteiger partial charge in [-0.1, -0.05) is 19.3 Å². The third-order valence-electron chi connectivity index (χ3n) is 3.12. The zero-order valence-electron chi connectivity index (χ0n) is 10.3. The van der Waals surface area contributed by atoms with Crippen LogP contribution in [0.15, 0.2) is 18.7 Å². The van der Waals surface area contributed by atoms with E-state index in [0.717, 1.165) is 25.9 Å². The standard InChI is InChI=1S/C12H20N3O.HI/c1-13-9-10-15(11-13)12(16)14-7-5-3-2-4-6-8-14;/h9-11H,2-8H2,1H3;1H/q+1;/p-1. The highest BCUT2D eigenvalue weighted by Gasteiger charge is 2.20. The highest BCUT2D eigenvalue weighted by molar-refractivity contribution is 5.76. The zero-order chi connectivity index (χ0) is 11.4. The van der Waals surface area contributed by atoms with Crippen LogP contribution in [0.2, 0.25) is 0 Å². The minimum absolute atomic E-state index is 0. The van der Waals surface area contributed by atoms with Crippen molar-refractivity contribution in [3.8, 4) is 0 Å². The van der Waals surface area contributed by atoms with Crippen molar-refractivity contribution in [2.45, 2.75) is 32.1 Å². The molecule has 1 aliphatic rings. The van der Waals surface area contributed by atoms with Crippen LogP contribution in [-0.4, -0.2) is 28.6 Å². The molecule has 1 saturated heterocycles. The zero-order valence-corrected chi connectivity index (χ0v) is 12.5. The number of imidazole rings is 1. The van der Waals surface area contributed by atoms with Gasteiger partial charge in [-0.3, -0.25) is 0 Å². The summed E-state index contributed by atoms with van der Waals surface area (Å²) in [5.74, 6) is 0. The Kier molecular flexibility index (Phi) is 5.94. The Bertz CT molecular complexity index is 356. The van der Waals surface area contributed by atoms with Crippen LogP contribution in [-0.2, 0) is 7.05 Å². The van der Waals surface area contributed by atoms with Crippen LogP contribution in [0.25, 0.3) is 0 Å². The van der Waals surface area contributed by atoms with Gasteiger partial charge in [-0.15, -0.1) is 0 Å². The molecule has 0 unspecified atom stereocenters. The highest BCUT2D eigenvalue weighted by atomic mass is 127. The van der Waals surface area contributed by atoms with Crippen molar-refractivity contribution < 1.29 is 33.3 Å². The molecular formula is C12H20IN3O. The lowest BCUT2D eigenvalue weighted by atomic mass is 10.1. The number of halogens is 1. The van der Waals surface area contributed by atoms with Crippen LogP contribution in [0.4, 0.5) is 4.79 Å². The second-order valence-corrected chi connectivity index (χ2v) is 4.52. The third-order valence-corrected chi connectivity index (χ3v) is 3.12. The van der Waals surface area contributed by atoms with Gasteiger partial charge in [0.2, 0.25) is 0 Å². The molecule has 1 aromatic heterocycles. The van der Waals surface area contributed by atoms with Gasteiger partial charge in [0.1, 0.15) is 12.4 Å². The fourth-order valence-electron chi connectivity index (χ4n) is 2.17. The predicted octanol–water partition coefficient (Wildman–Crippen LogP) is -1.45. The molecule has 0 N–H and O–H groups in total. The summed E-state index contributed by atoms with van der Waals surface area (Å²) in [7, 11) is 1.93. The molecule has 0 saturated carbocycles. The molecule has 2 heterocycles. The van der Waals surface area contributed by atoms with E-state index in [-0.39, 0.29) is 30.0 Å². The number of rotatable bonds is 0. The first-order valence-corrected chi connectivity index (χ1v) is 6.10. The molecule has 1 fully saturated rings. The number of carbonyl (C=O) groups excluding carboxylic acids is 1. The van der Waals surface area contributed by atoms with E-state index in [4.69, 9.17) is 0 Å². The molecule has 0 spiro atoms. The second kappa shape index (κ2) is 6.98. The molecule has 4 nitrogen and oxygen atoms in total. The first-order valence-electron chi connectivity index (χ1n) is 6.10. The number of aromatic nitrogens is 2. The van der Waals surface area contributed by atoms with Gasteiger partial charge in [-0.25, -0.2) is 9.36 Å². The largest absolute Gasteiger partial charge is 1.00 e. The van der Waals surface area contributed by atoms with E-state index in [1.54, 1.807) is 4.57 Å². The van der Waals surface area contributed by atoms with Gasteiger partial charge in [-0.05, 0) is 12.8 Å². The lowest BCUT2D eigenvalue weighted by Crippen LogP contribution is -3.00. The first kappa shape index (κ1) is 14.5. The second-order valence-electron chi connectivity index (χ2n) is 4.52. The van der Waals surface area contributed by atoms with Crippen LogP contribution in [0.3, 0.4) is 0 Å². The van der Waals surface area contributed by atoms with Gasteiger partial charge in [0.05, 0.1) is 7.05 Å². The van der Waals surface area contributed by atoms with Crippen molar-refractivity contribution in [2.75, 3.05) is 13.1 Å². The van der Waals surface area contributed by atoms with Gasteiger partial charge < -0.3 is 28.9 Å². The third kappa shape index (κ3) is 3.97. The van der Waals surface area contributed by atoms with E-state index in [1.165, 1.54) is 19.3 Å². The minimum atomic E-state index is 0. The number of carbonyl (C=O) groups is 1. The predicted molar refractivity (Wildman–Crippen MR) is 61.1 cm³/mol. The smallest absolute Gasteiger partial charge is 0.415 e. The Morgan fingerprint density at radius 1 is 1.12 bits per heavy atom. The van der Waals surface area contributed by atoms with Crippen molar-refractivity contribution in [3.63, 3.8) is 0 Å². The minimum Gasteiger partial charge on any atom is -1.00 e. The molecule has 0 aromatic carbocycles. The first-order chi connectivity index (χ1) is 7.77. The SMILES string of the molecule is C[n+]1ccn(C(=O)N2CCCCCCC2)c1.[I-]. The summed E-state index contributed by atoms with van der Waals surface area (Å²) in [6, 6.07) is 0.113. The van der Waals surface area contributed by atoms with Crippen LogP contribution < -0.4 is 28.5 Å². The molecule has 96 valence electrons. The normalized spacial score (nSPS) is 16.9. The fraction of sp³-hybridized carbons (Fsp3) is 0.667. The molecule has 1 aromatic rings. The Morgan fingerprint density at radius 3 is 2.24 bits per heavy atom. The maximum absolute atomic E-state index is 12.2. The summed E-state index contributed by atoms with van der Waals surface area (Å²) in [5, 5.41) is 0. The van der Waals surface area contributed by atoms with E-state index < -0.39 is 0 Å². The molecule has 0 aliphatic carbocycles. The summed E-state index contributed by atoms with van der Waals surface area (Å²) in [5.41, 5.74) is 0. The van der Waals surface area contributed by atoms with Crippen LogP contribution in [0.1, 0.15) is 32.1 Å².